The van der Waals surface area contributed by atoms with E-state index in [1.165, 1.54) is 7.11 Å². The topological polar surface area (TPSA) is 47.9 Å². The lowest BCUT2D eigenvalue weighted by molar-refractivity contribution is 0.105. The highest BCUT2D eigenvalue weighted by molar-refractivity contribution is 6.46. The number of Topliss-reactive ketones (excluding diaryl/α,β-unsaturated/α-hetero) is 1. The van der Waals surface area contributed by atoms with E-state index in [1.54, 1.807) is 24.3 Å². The zero-order chi connectivity index (χ0) is 9.26. The predicted molar refractivity (Wildman–Crippen MR) is 45.8 cm³/mol. The average Bonchev–Trinajstić information content (AvgIpc) is 2.46. The lowest BCUT2D eigenvalue weighted by atomic mass is 10.1. The Morgan fingerprint density at radius 1 is 1.38 bits per heavy atom. The minimum absolute atomic E-state index is 0.0105. The van der Waals surface area contributed by atoms with Crippen LogP contribution < -0.4 is 4.74 Å². The molecule has 0 amide bonds. The molecule has 0 bridgehead atoms. The smallest absolute Gasteiger partial charge is 0.304 e. The maximum atomic E-state index is 11.5. The zero-order valence-corrected chi connectivity index (χ0v) is 6.98. The second-order valence-corrected chi connectivity index (χ2v) is 2.51. The number of carbonyl (C=O) groups is 1. The highest BCUT2D eigenvalue weighted by Gasteiger charge is 2.28. The van der Waals surface area contributed by atoms with Crippen molar-refractivity contribution in [2.75, 3.05) is 7.11 Å². The van der Waals surface area contributed by atoms with Gasteiger partial charge in [-0.05, 0) is 17.3 Å². The molecule has 1 heterocycles. The molecular formula is C9H7NO3. The molecule has 4 nitrogen and oxygen atoms in total. The molecule has 13 heavy (non-hydrogen) atoms. The number of oxime groups is 1. The number of para-hydroxylation sites is 1. The fourth-order valence-electron chi connectivity index (χ4n) is 1.15. The molecule has 0 N–H and O–H groups in total. The molecule has 0 saturated heterocycles. The van der Waals surface area contributed by atoms with Gasteiger partial charge >= 0.3 is 5.90 Å². The molecule has 0 unspecified atom stereocenters. The molecule has 1 aromatic rings. The summed E-state index contributed by atoms with van der Waals surface area (Å²) in [6.45, 7) is 0. The summed E-state index contributed by atoms with van der Waals surface area (Å²) in [6.07, 6.45) is 0. The van der Waals surface area contributed by atoms with E-state index in [0.717, 1.165) is 0 Å². The number of nitrogens with zero attached hydrogens (tertiary/aromatic N) is 1. The summed E-state index contributed by atoms with van der Waals surface area (Å²) >= 11 is 0. The first kappa shape index (κ1) is 7.79. The van der Waals surface area contributed by atoms with Crippen LogP contribution in [0.3, 0.4) is 0 Å². The maximum Gasteiger partial charge on any atom is 0.304 e. The zero-order valence-electron chi connectivity index (χ0n) is 6.98. The van der Waals surface area contributed by atoms with E-state index >= 15 is 0 Å². The fraction of sp³-hybridized carbons (Fsp3) is 0.111. The Morgan fingerprint density at radius 2 is 2.15 bits per heavy atom. The summed E-state index contributed by atoms with van der Waals surface area (Å²) < 4.78 is 5.14. The normalized spacial score (nSPS) is 17.0. The average molecular weight is 177 g/mol. The lowest BCUT2D eigenvalue weighted by Gasteiger charge is -1.93. The van der Waals surface area contributed by atoms with Gasteiger partial charge in [-0.15, -0.1) is 0 Å². The van der Waals surface area contributed by atoms with Crippen LogP contribution in [0.4, 0.5) is 0 Å². The maximum absolute atomic E-state index is 11.5. The summed E-state index contributed by atoms with van der Waals surface area (Å²) in [6, 6.07) is 6.97. The summed E-state index contributed by atoms with van der Waals surface area (Å²) in [5, 5.41) is 3.46. The lowest BCUT2D eigenvalue weighted by Crippen LogP contribution is -2.12. The fourth-order valence-corrected chi connectivity index (χ4v) is 1.15. The highest BCUT2D eigenvalue weighted by Crippen LogP contribution is 2.25. The second kappa shape index (κ2) is 2.90. The molecule has 2 rings (SSSR count). The molecule has 0 aliphatic carbocycles. The van der Waals surface area contributed by atoms with Crippen molar-refractivity contribution >= 4 is 11.7 Å². The van der Waals surface area contributed by atoms with Crippen LogP contribution in [-0.2, 0) is 4.84 Å². The largest absolute Gasteiger partial charge is 0.433 e. The van der Waals surface area contributed by atoms with Crippen LogP contribution in [-0.4, -0.2) is 18.8 Å². The molecule has 0 aromatic heterocycles. The first-order chi connectivity index (χ1) is 6.33. The van der Waals surface area contributed by atoms with Gasteiger partial charge in [0, 0.05) is 0 Å². The first-order valence-corrected chi connectivity index (χ1v) is 3.75. The first-order valence-electron chi connectivity index (χ1n) is 3.75. The van der Waals surface area contributed by atoms with Crippen molar-refractivity contribution in [1.29, 1.82) is 0 Å². The van der Waals surface area contributed by atoms with Crippen molar-refractivity contribution in [3.8, 4) is 5.75 Å². The van der Waals surface area contributed by atoms with Crippen molar-refractivity contribution in [1.82, 2.24) is 0 Å². The number of hydrogen-bond donors (Lipinski definition) is 0. The third-order valence-electron chi connectivity index (χ3n) is 1.71. The number of benzene rings is 1. The van der Waals surface area contributed by atoms with Crippen LogP contribution in [0, 0.1) is 0 Å². The van der Waals surface area contributed by atoms with E-state index in [4.69, 9.17) is 4.74 Å². The van der Waals surface area contributed by atoms with Gasteiger partial charge in [-0.25, -0.2) is 0 Å². The standard InChI is InChI=1S/C9H7NO3/c1-12-10-9-8(11)6-4-2-3-5-7(6)13-9/h2-5H,1H3. The summed E-state index contributed by atoms with van der Waals surface area (Å²) in [5.74, 6) is 0.282. The molecule has 0 spiro atoms. The van der Waals surface area contributed by atoms with Crippen molar-refractivity contribution in [3.63, 3.8) is 0 Å². The second-order valence-electron chi connectivity index (χ2n) is 2.51. The van der Waals surface area contributed by atoms with Gasteiger partial charge in [0.05, 0.1) is 5.56 Å². The minimum atomic E-state index is -0.238. The van der Waals surface area contributed by atoms with Gasteiger partial charge in [-0.1, -0.05) is 12.1 Å². The van der Waals surface area contributed by atoms with Gasteiger partial charge < -0.3 is 9.57 Å². The van der Waals surface area contributed by atoms with Gasteiger partial charge in [-0.3, -0.25) is 4.79 Å². The van der Waals surface area contributed by atoms with Crippen molar-refractivity contribution in [3.05, 3.63) is 29.8 Å². The molecule has 0 fully saturated rings. The van der Waals surface area contributed by atoms with E-state index in [-0.39, 0.29) is 11.7 Å². The summed E-state index contributed by atoms with van der Waals surface area (Å²) in [7, 11) is 1.37. The Morgan fingerprint density at radius 3 is 2.85 bits per heavy atom. The Hall–Kier alpha value is -1.84. The van der Waals surface area contributed by atoms with Crippen LogP contribution >= 0.6 is 0 Å². The number of hydrogen-bond acceptors (Lipinski definition) is 4. The van der Waals surface area contributed by atoms with Gasteiger partial charge in [0.25, 0.3) is 5.78 Å². The molecule has 1 aliphatic rings. The van der Waals surface area contributed by atoms with Crippen LogP contribution in [0.15, 0.2) is 29.4 Å². The van der Waals surface area contributed by atoms with Gasteiger partial charge in [0.2, 0.25) is 0 Å². The molecule has 1 aromatic carbocycles. The predicted octanol–water partition coefficient (Wildman–Crippen LogP) is 1.22. The van der Waals surface area contributed by atoms with Crippen molar-refractivity contribution < 1.29 is 14.4 Å². The highest BCUT2D eigenvalue weighted by atomic mass is 16.6. The number of fused-ring (bicyclic) bond motifs is 1. The van der Waals surface area contributed by atoms with E-state index < -0.39 is 0 Å². The third-order valence-corrected chi connectivity index (χ3v) is 1.71. The molecule has 4 heteroatoms. The Kier molecular flexibility index (Phi) is 1.73. The van der Waals surface area contributed by atoms with Crippen LogP contribution in [0.25, 0.3) is 0 Å². The molecule has 0 atom stereocenters. The summed E-state index contributed by atoms with van der Waals surface area (Å²) in [5.41, 5.74) is 0.526. The number of ketones is 1. The van der Waals surface area contributed by atoms with Crippen molar-refractivity contribution in [2.45, 2.75) is 0 Å². The van der Waals surface area contributed by atoms with E-state index in [2.05, 4.69) is 9.99 Å². The Balaban J connectivity index is 2.44. The Bertz CT molecular complexity index is 384. The van der Waals surface area contributed by atoms with Gasteiger partial charge in [0.15, 0.2) is 0 Å². The quantitative estimate of drug-likeness (QED) is 0.606. The molecule has 0 radical (unpaired) electrons. The minimum Gasteiger partial charge on any atom is -0.433 e. The van der Waals surface area contributed by atoms with E-state index in [9.17, 15) is 4.79 Å². The molecule has 1 aliphatic heterocycles. The molecule has 66 valence electrons. The van der Waals surface area contributed by atoms with Gasteiger partial charge in [0.1, 0.15) is 12.9 Å². The van der Waals surface area contributed by atoms with E-state index in [1.807, 2.05) is 0 Å². The van der Waals surface area contributed by atoms with Gasteiger partial charge in [-0.2, -0.15) is 0 Å². The van der Waals surface area contributed by atoms with E-state index in [0.29, 0.717) is 11.3 Å². The Labute approximate surface area is 74.8 Å². The van der Waals surface area contributed by atoms with Crippen molar-refractivity contribution in [2.24, 2.45) is 5.16 Å². The number of rotatable bonds is 1. The SMILES string of the molecule is CON=C1Oc2ccccc2C1=O. The molecule has 0 saturated carbocycles. The monoisotopic (exact) mass is 177 g/mol. The number of carbonyl (C=O) groups excluding carboxylic acids is 1. The van der Waals surface area contributed by atoms with Crippen LogP contribution in [0.2, 0.25) is 0 Å². The summed E-state index contributed by atoms with van der Waals surface area (Å²) in [4.78, 5) is 15.9. The molecular weight excluding hydrogens is 170 g/mol. The van der Waals surface area contributed by atoms with Crippen LogP contribution in [0.1, 0.15) is 10.4 Å². The van der Waals surface area contributed by atoms with Crippen LogP contribution in [0.5, 0.6) is 5.75 Å². The number of ether oxygens (including phenoxy) is 1. The third kappa shape index (κ3) is 1.16.